The van der Waals surface area contributed by atoms with Crippen LogP contribution in [0.2, 0.25) is 0 Å². The van der Waals surface area contributed by atoms with Crippen LogP contribution in [0.1, 0.15) is 19.8 Å². The van der Waals surface area contributed by atoms with Gasteiger partial charge in [-0.2, -0.15) is 0 Å². The molecule has 1 fully saturated rings. The predicted molar refractivity (Wildman–Crippen MR) is 61.5 cm³/mol. The highest BCUT2D eigenvalue weighted by molar-refractivity contribution is 7.91. The molecule has 0 aromatic heterocycles. The molecule has 0 radical (unpaired) electrons. The van der Waals surface area contributed by atoms with Crippen LogP contribution in [-0.4, -0.2) is 39.0 Å². The highest BCUT2D eigenvalue weighted by Crippen LogP contribution is 2.18. The van der Waals surface area contributed by atoms with E-state index in [1.807, 2.05) is 6.92 Å². The highest BCUT2D eigenvalue weighted by Gasteiger charge is 2.27. The third kappa shape index (κ3) is 4.51. The number of rotatable bonds is 4. The van der Waals surface area contributed by atoms with Gasteiger partial charge in [0, 0.05) is 13.1 Å². The van der Waals surface area contributed by atoms with Crippen LogP contribution < -0.4 is 11.1 Å². The summed E-state index contributed by atoms with van der Waals surface area (Å²) in [6.07, 6.45) is 1.71. The van der Waals surface area contributed by atoms with Crippen molar-refractivity contribution < 1.29 is 8.42 Å². The van der Waals surface area contributed by atoms with Crippen LogP contribution in [0.3, 0.4) is 0 Å². The lowest BCUT2D eigenvalue weighted by molar-refractivity contribution is 0.590. The summed E-state index contributed by atoms with van der Waals surface area (Å²) in [4.78, 5) is 4.13. The van der Waals surface area contributed by atoms with E-state index in [9.17, 15) is 8.42 Å². The Morgan fingerprint density at radius 2 is 2.33 bits per heavy atom. The molecule has 3 N–H and O–H groups in total. The fourth-order valence-corrected chi connectivity index (χ4v) is 3.40. The van der Waals surface area contributed by atoms with Crippen molar-refractivity contribution in [1.82, 2.24) is 5.32 Å². The summed E-state index contributed by atoms with van der Waals surface area (Å²) in [7, 11) is -2.79. The van der Waals surface area contributed by atoms with E-state index < -0.39 is 9.84 Å². The zero-order chi connectivity index (χ0) is 11.3. The third-order valence-corrected chi connectivity index (χ3v) is 4.24. The molecule has 0 aromatic carbocycles. The lowest BCUT2D eigenvalue weighted by atomic mass is 10.1. The summed E-state index contributed by atoms with van der Waals surface area (Å²) < 4.78 is 22.3. The summed E-state index contributed by atoms with van der Waals surface area (Å²) in [6, 6.07) is 0. The van der Waals surface area contributed by atoms with Gasteiger partial charge < -0.3 is 11.1 Å². The second-order valence-electron chi connectivity index (χ2n) is 3.92. The molecule has 5 nitrogen and oxygen atoms in total. The van der Waals surface area contributed by atoms with E-state index in [1.165, 1.54) is 0 Å². The second kappa shape index (κ2) is 5.34. The van der Waals surface area contributed by atoms with Gasteiger partial charge in [0.15, 0.2) is 15.8 Å². The number of hydrogen-bond acceptors (Lipinski definition) is 3. The first kappa shape index (κ1) is 12.3. The summed E-state index contributed by atoms with van der Waals surface area (Å²) in [5.41, 5.74) is 5.59. The number of aliphatic imine (C=N–C) groups is 1. The highest BCUT2D eigenvalue weighted by atomic mass is 32.2. The van der Waals surface area contributed by atoms with E-state index in [0.717, 1.165) is 13.0 Å². The van der Waals surface area contributed by atoms with Crippen LogP contribution in [0.25, 0.3) is 0 Å². The van der Waals surface area contributed by atoms with Crippen molar-refractivity contribution >= 4 is 15.8 Å². The van der Waals surface area contributed by atoms with E-state index in [0.29, 0.717) is 24.7 Å². The number of nitrogens with zero attached hydrogens (tertiary/aromatic N) is 1. The molecular formula is C9H19N3O2S. The van der Waals surface area contributed by atoms with Gasteiger partial charge in [-0.05, 0) is 18.8 Å². The molecule has 1 aliphatic heterocycles. The molecule has 6 heteroatoms. The first-order valence-electron chi connectivity index (χ1n) is 5.27. The number of nitrogens with one attached hydrogen (secondary N) is 1. The number of hydrogen-bond donors (Lipinski definition) is 2. The van der Waals surface area contributed by atoms with Gasteiger partial charge in [-0.3, -0.25) is 4.99 Å². The molecule has 0 aromatic rings. The van der Waals surface area contributed by atoms with Crippen LogP contribution in [-0.2, 0) is 9.84 Å². The van der Waals surface area contributed by atoms with Crippen molar-refractivity contribution in [2.45, 2.75) is 19.8 Å². The molecule has 0 spiro atoms. The SMILES string of the molecule is CCCNC(N)=NCC1CCS(=O)(=O)C1. The molecule has 1 unspecified atom stereocenters. The topological polar surface area (TPSA) is 84.5 Å². The van der Waals surface area contributed by atoms with Crippen molar-refractivity contribution in [2.75, 3.05) is 24.6 Å². The quantitative estimate of drug-likeness (QED) is 0.517. The minimum absolute atomic E-state index is 0.150. The summed E-state index contributed by atoms with van der Waals surface area (Å²) in [6.45, 7) is 3.36. The number of guanidine groups is 1. The lowest BCUT2D eigenvalue weighted by Crippen LogP contribution is -2.32. The molecule has 0 aliphatic carbocycles. The maximum Gasteiger partial charge on any atom is 0.188 e. The normalized spacial score (nSPS) is 25.4. The van der Waals surface area contributed by atoms with Crippen molar-refractivity contribution in [3.05, 3.63) is 0 Å². The van der Waals surface area contributed by atoms with Gasteiger partial charge in [-0.15, -0.1) is 0 Å². The largest absolute Gasteiger partial charge is 0.370 e. The molecule has 0 saturated carbocycles. The van der Waals surface area contributed by atoms with Crippen LogP contribution >= 0.6 is 0 Å². The lowest BCUT2D eigenvalue weighted by Gasteiger charge is -2.06. The first-order valence-corrected chi connectivity index (χ1v) is 7.10. The van der Waals surface area contributed by atoms with Crippen molar-refractivity contribution in [2.24, 2.45) is 16.6 Å². The fourth-order valence-electron chi connectivity index (χ4n) is 1.55. The van der Waals surface area contributed by atoms with Gasteiger partial charge in [0.05, 0.1) is 11.5 Å². The van der Waals surface area contributed by atoms with Gasteiger partial charge in [-0.1, -0.05) is 6.92 Å². The van der Waals surface area contributed by atoms with E-state index in [4.69, 9.17) is 5.73 Å². The molecular weight excluding hydrogens is 214 g/mol. The minimum Gasteiger partial charge on any atom is -0.370 e. The van der Waals surface area contributed by atoms with E-state index in [-0.39, 0.29) is 11.7 Å². The Balaban J connectivity index is 2.31. The molecule has 88 valence electrons. The van der Waals surface area contributed by atoms with Gasteiger partial charge in [0.25, 0.3) is 0 Å². The number of nitrogens with two attached hydrogens (primary N) is 1. The van der Waals surface area contributed by atoms with Gasteiger partial charge in [-0.25, -0.2) is 8.42 Å². The monoisotopic (exact) mass is 233 g/mol. The fraction of sp³-hybridized carbons (Fsp3) is 0.889. The molecule has 1 saturated heterocycles. The molecule has 1 atom stereocenters. The predicted octanol–water partition coefficient (Wildman–Crippen LogP) is -0.265. The van der Waals surface area contributed by atoms with Crippen LogP contribution in [0, 0.1) is 5.92 Å². The minimum atomic E-state index is -2.79. The van der Waals surface area contributed by atoms with Crippen molar-refractivity contribution in [3.63, 3.8) is 0 Å². The molecule has 1 aliphatic rings. The molecule has 1 rings (SSSR count). The average molecular weight is 233 g/mol. The maximum absolute atomic E-state index is 11.2. The maximum atomic E-state index is 11.2. The number of sulfone groups is 1. The van der Waals surface area contributed by atoms with Gasteiger partial charge >= 0.3 is 0 Å². The van der Waals surface area contributed by atoms with Crippen molar-refractivity contribution in [3.8, 4) is 0 Å². The van der Waals surface area contributed by atoms with Crippen LogP contribution in [0.15, 0.2) is 4.99 Å². The summed E-state index contributed by atoms with van der Waals surface area (Å²) >= 11 is 0. The standard InChI is InChI=1S/C9H19N3O2S/c1-2-4-11-9(10)12-6-8-3-5-15(13,14)7-8/h8H,2-7H2,1H3,(H3,10,11,12). The Bertz CT molecular complexity index is 324. The van der Waals surface area contributed by atoms with E-state index in [2.05, 4.69) is 10.3 Å². The summed E-state index contributed by atoms with van der Waals surface area (Å²) in [5, 5.41) is 2.96. The van der Waals surface area contributed by atoms with Gasteiger partial charge in [0.1, 0.15) is 0 Å². The van der Waals surface area contributed by atoms with Crippen LogP contribution in [0.5, 0.6) is 0 Å². The smallest absolute Gasteiger partial charge is 0.188 e. The summed E-state index contributed by atoms with van der Waals surface area (Å²) in [5.74, 6) is 1.13. The molecule has 0 bridgehead atoms. The Labute approximate surface area is 91.1 Å². The zero-order valence-electron chi connectivity index (χ0n) is 9.07. The Kier molecular flexibility index (Phi) is 4.38. The Morgan fingerprint density at radius 3 is 2.87 bits per heavy atom. The van der Waals surface area contributed by atoms with Crippen molar-refractivity contribution in [1.29, 1.82) is 0 Å². The Hall–Kier alpha value is -0.780. The molecule has 15 heavy (non-hydrogen) atoms. The van der Waals surface area contributed by atoms with Crippen LogP contribution in [0.4, 0.5) is 0 Å². The zero-order valence-corrected chi connectivity index (χ0v) is 9.89. The first-order chi connectivity index (χ1) is 7.03. The third-order valence-electron chi connectivity index (χ3n) is 2.40. The van der Waals surface area contributed by atoms with Gasteiger partial charge in [0.2, 0.25) is 0 Å². The van der Waals surface area contributed by atoms with E-state index >= 15 is 0 Å². The van der Waals surface area contributed by atoms with E-state index in [1.54, 1.807) is 0 Å². The second-order valence-corrected chi connectivity index (χ2v) is 6.15. The Morgan fingerprint density at radius 1 is 1.60 bits per heavy atom. The average Bonchev–Trinajstić information content (AvgIpc) is 2.52. The molecule has 1 heterocycles. The molecule has 0 amide bonds.